The Labute approximate surface area is 265 Å². The van der Waals surface area contributed by atoms with Crippen LogP contribution in [0, 0.1) is 30.1 Å². The minimum absolute atomic E-state index is 0.00564. The molecule has 0 spiro atoms. The zero-order chi connectivity index (χ0) is 32.3. The van der Waals surface area contributed by atoms with Gasteiger partial charge in [-0.05, 0) is 42.6 Å². The molecule has 2 fully saturated rings. The van der Waals surface area contributed by atoms with Crippen LogP contribution in [0.1, 0.15) is 97.6 Å². The van der Waals surface area contributed by atoms with Crippen LogP contribution in [-0.4, -0.2) is 72.6 Å². The Bertz CT molecular complexity index is 1040. The number of benzene rings is 1. The molecular weight excluding hydrogens is 556 g/mol. The number of hydrogen-bond acceptors (Lipinski definition) is 6. The summed E-state index contributed by atoms with van der Waals surface area (Å²) in [6.07, 6.45) is 5.12. The highest BCUT2D eigenvalue weighted by molar-refractivity contribution is 5.91. The number of carbonyl (C=O) groups is 3. The van der Waals surface area contributed by atoms with E-state index in [0.29, 0.717) is 44.4 Å². The Morgan fingerprint density at radius 2 is 1.64 bits per heavy atom. The summed E-state index contributed by atoms with van der Waals surface area (Å²) >= 11 is 0. The maximum Gasteiger partial charge on any atom is 0.245 e. The van der Waals surface area contributed by atoms with Crippen molar-refractivity contribution in [3.63, 3.8) is 0 Å². The predicted octanol–water partition coefficient (Wildman–Crippen LogP) is 5.21. The fourth-order valence-electron chi connectivity index (χ4n) is 6.03. The van der Waals surface area contributed by atoms with Gasteiger partial charge in [-0.25, -0.2) is 10.3 Å². The molecule has 3 amide bonds. The largest absolute Gasteiger partial charge is 0.350 e. The number of nitrogens with zero attached hydrogens (tertiary/aromatic N) is 2. The smallest absolute Gasteiger partial charge is 0.245 e. The van der Waals surface area contributed by atoms with Crippen LogP contribution in [0.4, 0.5) is 0 Å². The summed E-state index contributed by atoms with van der Waals surface area (Å²) in [5.74, 6) is -0.422. The van der Waals surface area contributed by atoms with E-state index in [4.69, 9.17) is 9.57 Å². The molecule has 1 aromatic carbocycles. The summed E-state index contributed by atoms with van der Waals surface area (Å²) in [5.41, 5.74) is 4.55. The van der Waals surface area contributed by atoms with E-state index in [9.17, 15) is 14.4 Å². The topological polar surface area (TPSA) is 100 Å². The normalized spacial score (nSPS) is 18.7. The molecule has 2 unspecified atom stereocenters. The van der Waals surface area contributed by atoms with Gasteiger partial charge in [-0.15, -0.1) is 0 Å². The number of amides is 3. The summed E-state index contributed by atoms with van der Waals surface area (Å²) in [6, 6.07) is 7.90. The lowest BCUT2D eigenvalue weighted by Crippen LogP contribution is -2.59. The number of hydroxylamine groups is 1. The third-order valence-electron chi connectivity index (χ3n) is 8.76. The van der Waals surface area contributed by atoms with E-state index in [1.807, 2.05) is 32.6 Å². The summed E-state index contributed by atoms with van der Waals surface area (Å²) in [6.45, 7) is 18.3. The molecule has 9 heteroatoms. The second-order valence-electron chi connectivity index (χ2n) is 14.4. The molecular formula is C35H58N4O5. The van der Waals surface area contributed by atoms with E-state index in [2.05, 4.69) is 60.7 Å². The molecule has 44 heavy (non-hydrogen) atoms. The molecule has 9 nitrogen and oxygen atoms in total. The number of piperazine rings is 1. The van der Waals surface area contributed by atoms with Gasteiger partial charge in [-0.1, -0.05) is 97.1 Å². The number of hydrogen-bond donors (Lipinski definition) is 2. The van der Waals surface area contributed by atoms with Gasteiger partial charge in [0.15, 0.2) is 6.29 Å². The van der Waals surface area contributed by atoms with Crippen molar-refractivity contribution in [3.8, 4) is 0 Å². The minimum atomic E-state index is -0.682. The lowest BCUT2D eigenvalue weighted by Gasteiger charge is -2.40. The van der Waals surface area contributed by atoms with Crippen molar-refractivity contribution in [1.29, 1.82) is 0 Å². The summed E-state index contributed by atoms with van der Waals surface area (Å²) in [5, 5.41) is 3.11. The number of aryl methyl sites for hydroxylation is 1. The molecule has 1 heterocycles. The lowest BCUT2D eigenvalue weighted by molar-refractivity contribution is -0.192. The first-order valence-electron chi connectivity index (χ1n) is 16.8. The van der Waals surface area contributed by atoms with Crippen LogP contribution in [0.2, 0.25) is 0 Å². The van der Waals surface area contributed by atoms with Crippen LogP contribution >= 0.6 is 0 Å². The maximum atomic E-state index is 13.9. The molecule has 3 atom stereocenters. The van der Waals surface area contributed by atoms with E-state index >= 15 is 0 Å². The SMILES string of the molecule is CCC(OCC(C)C)ONC(=O)CC(CC1CCCC1)C(=O)N[C@H](C(=O)N1CCN(Cc2ccc(C)cc2)CC1)C(C)(C)C. The van der Waals surface area contributed by atoms with E-state index in [-0.39, 0.29) is 24.1 Å². The Morgan fingerprint density at radius 1 is 1.00 bits per heavy atom. The zero-order valence-corrected chi connectivity index (χ0v) is 28.3. The average molecular weight is 615 g/mol. The molecule has 1 saturated carbocycles. The van der Waals surface area contributed by atoms with Crippen molar-refractivity contribution < 1.29 is 24.0 Å². The predicted molar refractivity (Wildman–Crippen MR) is 173 cm³/mol. The van der Waals surface area contributed by atoms with Gasteiger partial charge in [0.2, 0.25) is 17.7 Å². The van der Waals surface area contributed by atoms with Gasteiger partial charge in [0.25, 0.3) is 0 Å². The van der Waals surface area contributed by atoms with E-state index < -0.39 is 23.7 Å². The molecule has 1 aliphatic heterocycles. The number of nitrogens with one attached hydrogen (secondary N) is 2. The summed E-state index contributed by atoms with van der Waals surface area (Å²) < 4.78 is 5.72. The van der Waals surface area contributed by atoms with Crippen molar-refractivity contribution in [2.24, 2.45) is 23.2 Å². The van der Waals surface area contributed by atoms with Crippen LogP contribution in [0.3, 0.4) is 0 Å². The molecule has 2 N–H and O–H groups in total. The van der Waals surface area contributed by atoms with E-state index in [1.54, 1.807) is 0 Å². The van der Waals surface area contributed by atoms with Gasteiger partial charge in [0, 0.05) is 45.1 Å². The van der Waals surface area contributed by atoms with Gasteiger partial charge in [0.05, 0.1) is 6.61 Å². The van der Waals surface area contributed by atoms with Crippen molar-refractivity contribution in [3.05, 3.63) is 35.4 Å². The first-order chi connectivity index (χ1) is 20.8. The molecule has 0 radical (unpaired) electrons. The average Bonchev–Trinajstić information content (AvgIpc) is 3.49. The lowest BCUT2D eigenvalue weighted by atomic mass is 9.84. The molecule has 1 saturated heterocycles. The van der Waals surface area contributed by atoms with Crippen LogP contribution in [0.25, 0.3) is 0 Å². The molecule has 248 valence electrons. The van der Waals surface area contributed by atoms with Crippen molar-refractivity contribution in [2.75, 3.05) is 32.8 Å². The maximum absolute atomic E-state index is 13.9. The highest BCUT2D eigenvalue weighted by Crippen LogP contribution is 2.32. The Balaban J connectivity index is 1.61. The zero-order valence-electron chi connectivity index (χ0n) is 28.3. The highest BCUT2D eigenvalue weighted by Gasteiger charge is 2.38. The second kappa shape index (κ2) is 17.3. The Kier molecular flexibility index (Phi) is 14.1. The Morgan fingerprint density at radius 3 is 2.20 bits per heavy atom. The first-order valence-corrected chi connectivity index (χ1v) is 16.8. The van der Waals surface area contributed by atoms with Gasteiger partial charge in [-0.3, -0.25) is 19.3 Å². The number of carbonyl (C=O) groups excluding carboxylic acids is 3. The summed E-state index contributed by atoms with van der Waals surface area (Å²) in [4.78, 5) is 50.5. The molecule has 2 aliphatic rings. The van der Waals surface area contributed by atoms with Crippen LogP contribution in [0.15, 0.2) is 24.3 Å². The molecule has 1 aliphatic carbocycles. The van der Waals surface area contributed by atoms with Gasteiger partial charge in [0.1, 0.15) is 6.04 Å². The Hall–Kier alpha value is -2.49. The molecule has 3 rings (SSSR count). The van der Waals surface area contributed by atoms with Crippen molar-refractivity contribution in [1.82, 2.24) is 20.6 Å². The van der Waals surface area contributed by atoms with Crippen molar-refractivity contribution in [2.45, 2.75) is 112 Å². The quantitative estimate of drug-likeness (QED) is 0.208. The van der Waals surface area contributed by atoms with E-state index in [0.717, 1.165) is 45.3 Å². The standard InChI is InChI=1S/C35H58N4O5/c1-8-31(43-24-25(2)3)44-37-30(40)22-29(21-27-11-9-10-12-27)33(41)36-32(35(5,6)7)34(42)39-19-17-38(18-20-39)23-28-15-13-26(4)14-16-28/h13-16,25,27,29,31-32H,8-12,17-24H2,1-7H3,(H,36,41)(H,37,40)/t29?,31?,32-/m1/s1. The highest BCUT2D eigenvalue weighted by atomic mass is 16.8. The fourth-order valence-corrected chi connectivity index (χ4v) is 6.03. The molecule has 0 aromatic heterocycles. The molecule has 1 aromatic rings. The van der Waals surface area contributed by atoms with Gasteiger partial charge in [-0.2, -0.15) is 0 Å². The van der Waals surface area contributed by atoms with Gasteiger partial charge >= 0.3 is 0 Å². The van der Waals surface area contributed by atoms with Crippen LogP contribution in [0.5, 0.6) is 0 Å². The second-order valence-corrected chi connectivity index (χ2v) is 14.4. The van der Waals surface area contributed by atoms with Crippen LogP contribution < -0.4 is 10.8 Å². The summed E-state index contributed by atoms with van der Waals surface area (Å²) in [7, 11) is 0. The number of rotatable bonds is 15. The number of ether oxygens (including phenoxy) is 1. The molecule has 0 bridgehead atoms. The first kappa shape index (κ1) is 36.0. The minimum Gasteiger partial charge on any atom is -0.350 e. The fraction of sp³-hybridized carbons (Fsp3) is 0.743. The van der Waals surface area contributed by atoms with E-state index in [1.165, 1.54) is 11.1 Å². The monoisotopic (exact) mass is 614 g/mol. The third-order valence-corrected chi connectivity index (χ3v) is 8.76. The van der Waals surface area contributed by atoms with Crippen molar-refractivity contribution >= 4 is 17.7 Å². The van der Waals surface area contributed by atoms with Gasteiger partial charge < -0.3 is 15.0 Å². The van der Waals surface area contributed by atoms with Crippen LogP contribution in [-0.2, 0) is 30.5 Å². The third kappa shape index (κ3) is 11.8.